The van der Waals surface area contributed by atoms with E-state index in [1.165, 1.54) is 0 Å². The van der Waals surface area contributed by atoms with Crippen LogP contribution in [0, 0.1) is 0 Å². The maximum Gasteiger partial charge on any atom is 0.319 e. The van der Waals surface area contributed by atoms with Crippen molar-refractivity contribution in [2.75, 3.05) is 20.3 Å². The third-order valence-electron chi connectivity index (χ3n) is 2.93. The van der Waals surface area contributed by atoms with Crippen molar-refractivity contribution in [3.63, 3.8) is 0 Å². The van der Waals surface area contributed by atoms with Crippen molar-refractivity contribution in [1.82, 2.24) is 5.32 Å². The summed E-state index contributed by atoms with van der Waals surface area (Å²) in [5.74, 6) is 0.628. The van der Waals surface area contributed by atoms with Crippen LogP contribution < -0.4 is 10.1 Å². The highest BCUT2D eigenvalue weighted by molar-refractivity contribution is 5.71. The van der Waals surface area contributed by atoms with E-state index < -0.39 is 0 Å². The lowest BCUT2D eigenvalue weighted by molar-refractivity contribution is -0.142. The first kappa shape index (κ1) is 15.5. The van der Waals surface area contributed by atoms with Gasteiger partial charge in [0, 0.05) is 6.04 Å². The summed E-state index contributed by atoms with van der Waals surface area (Å²) in [5.41, 5.74) is 1.11. The van der Waals surface area contributed by atoms with Crippen LogP contribution in [0.15, 0.2) is 24.3 Å². The molecule has 1 N–H and O–H groups in total. The van der Waals surface area contributed by atoms with Crippen molar-refractivity contribution < 1.29 is 14.3 Å². The molecule has 0 saturated heterocycles. The SMILES string of the molecule is CCCCOC(=O)CN[C@@H](C)c1ccc(OC)cc1. The zero-order valence-electron chi connectivity index (χ0n) is 11.9. The van der Waals surface area contributed by atoms with Gasteiger partial charge >= 0.3 is 5.97 Å². The van der Waals surface area contributed by atoms with E-state index in [0.29, 0.717) is 6.61 Å². The summed E-state index contributed by atoms with van der Waals surface area (Å²) in [6.45, 7) is 4.82. The van der Waals surface area contributed by atoms with Gasteiger partial charge in [-0.2, -0.15) is 0 Å². The van der Waals surface area contributed by atoms with Gasteiger partial charge in [0.1, 0.15) is 5.75 Å². The molecule has 4 heteroatoms. The Balaban J connectivity index is 2.33. The summed E-state index contributed by atoms with van der Waals surface area (Å²) in [4.78, 5) is 11.4. The van der Waals surface area contributed by atoms with Crippen molar-refractivity contribution in [3.05, 3.63) is 29.8 Å². The van der Waals surface area contributed by atoms with E-state index in [-0.39, 0.29) is 18.6 Å². The van der Waals surface area contributed by atoms with E-state index in [4.69, 9.17) is 9.47 Å². The molecule has 0 aliphatic rings. The number of carbonyl (C=O) groups excluding carboxylic acids is 1. The summed E-state index contributed by atoms with van der Waals surface area (Å²) in [6.07, 6.45) is 1.95. The van der Waals surface area contributed by atoms with Crippen LogP contribution in [-0.4, -0.2) is 26.2 Å². The number of benzene rings is 1. The van der Waals surface area contributed by atoms with Gasteiger partial charge in [-0.05, 0) is 31.0 Å². The van der Waals surface area contributed by atoms with E-state index in [9.17, 15) is 4.79 Å². The molecule has 0 bridgehead atoms. The molecule has 19 heavy (non-hydrogen) atoms. The fourth-order valence-corrected chi connectivity index (χ4v) is 1.63. The van der Waals surface area contributed by atoms with Crippen molar-refractivity contribution in [2.24, 2.45) is 0 Å². The number of carbonyl (C=O) groups is 1. The van der Waals surface area contributed by atoms with Crippen LogP contribution in [0.4, 0.5) is 0 Å². The molecule has 1 atom stereocenters. The van der Waals surface area contributed by atoms with Gasteiger partial charge in [0.15, 0.2) is 0 Å². The normalized spacial score (nSPS) is 11.9. The Morgan fingerprint density at radius 1 is 1.32 bits per heavy atom. The first-order chi connectivity index (χ1) is 9.17. The van der Waals surface area contributed by atoms with E-state index in [0.717, 1.165) is 24.2 Å². The largest absolute Gasteiger partial charge is 0.497 e. The molecule has 0 radical (unpaired) electrons. The van der Waals surface area contributed by atoms with Crippen LogP contribution in [-0.2, 0) is 9.53 Å². The number of unbranched alkanes of at least 4 members (excludes halogenated alkanes) is 1. The first-order valence-electron chi connectivity index (χ1n) is 6.70. The van der Waals surface area contributed by atoms with Gasteiger partial charge in [-0.15, -0.1) is 0 Å². The van der Waals surface area contributed by atoms with E-state index >= 15 is 0 Å². The number of ether oxygens (including phenoxy) is 2. The van der Waals surface area contributed by atoms with Gasteiger partial charge in [0.05, 0.1) is 20.3 Å². The molecule has 0 spiro atoms. The molecule has 0 amide bonds. The number of hydrogen-bond donors (Lipinski definition) is 1. The average molecular weight is 265 g/mol. The number of rotatable bonds is 8. The predicted octanol–water partition coefficient (Wildman–Crippen LogP) is 2.69. The van der Waals surface area contributed by atoms with Crippen LogP contribution in [0.3, 0.4) is 0 Å². The Morgan fingerprint density at radius 2 is 2.00 bits per heavy atom. The molecule has 106 valence electrons. The van der Waals surface area contributed by atoms with Crippen LogP contribution in [0.25, 0.3) is 0 Å². The number of esters is 1. The lowest BCUT2D eigenvalue weighted by Crippen LogP contribution is -2.27. The highest BCUT2D eigenvalue weighted by atomic mass is 16.5. The van der Waals surface area contributed by atoms with Crippen LogP contribution >= 0.6 is 0 Å². The smallest absolute Gasteiger partial charge is 0.319 e. The second-order valence-electron chi connectivity index (χ2n) is 4.45. The fraction of sp³-hybridized carbons (Fsp3) is 0.533. The summed E-state index contributed by atoms with van der Waals surface area (Å²) in [6, 6.07) is 7.89. The molecular formula is C15H23NO3. The third kappa shape index (κ3) is 5.75. The first-order valence-corrected chi connectivity index (χ1v) is 6.70. The molecule has 0 aliphatic heterocycles. The molecule has 0 aliphatic carbocycles. The molecule has 0 saturated carbocycles. The summed E-state index contributed by atoms with van der Waals surface area (Å²) in [7, 11) is 1.64. The minimum absolute atomic E-state index is 0.102. The van der Waals surface area contributed by atoms with Crippen molar-refractivity contribution >= 4 is 5.97 Å². The zero-order chi connectivity index (χ0) is 14.1. The summed E-state index contributed by atoms with van der Waals surface area (Å²) >= 11 is 0. The quantitative estimate of drug-likeness (QED) is 0.580. The Hall–Kier alpha value is -1.55. The molecule has 0 fully saturated rings. The maximum absolute atomic E-state index is 11.4. The standard InChI is InChI=1S/C15H23NO3/c1-4-5-10-19-15(17)11-16-12(2)13-6-8-14(18-3)9-7-13/h6-9,12,16H,4-5,10-11H2,1-3H3/t12-/m0/s1. The van der Waals surface area contributed by atoms with E-state index in [1.807, 2.05) is 31.2 Å². The van der Waals surface area contributed by atoms with Crippen molar-refractivity contribution in [1.29, 1.82) is 0 Å². The molecule has 4 nitrogen and oxygen atoms in total. The molecular weight excluding hydrogens is 242 g/mol. The van der Waals surface area contributed by atoms with Crippen molar-refractivity contribution in [3.8, 4) is 5.75 Å². The second-order valence-corrected chi connectivity index (χ2v) is 4.45. The minimum atomic E-state index is -0.200. The third-order valence-corrected chi connectivity index (χ3v) is 2.93. The second kappa shape index (κ2) is 8.53. The molecule has 0 heterocycles. The predicted molar refractivity (Wildman–Crippen MR) is 75.3 cm³/mol. The maximum atomic E-state index is 11.4. The van der Waals surface area contributed by atoms with Crippen LogP contribution in [0.1, 0.15) is 38.3 Å². The highest BCUT2D eigenvalue weighted by Crippen LogP contribution is 2.16. The van der Waals surface area contributed by atoms with E-state index in [2.05, 4.69) is 12.2 Å². The van der Waals surface area contributed by atoms with Gasteiger partial charge in [0.25, 0.3) is 0 Å². The molecule has 1 aromatic carbocycles. The van der Waals surface area contributed by atoms with Gasteiger partial charge in [-0.1, -0.05) is 25.5 Å². The lowest BCUT2D eigenvalue weighted by atomic mass is 10.1. The highest BCUT2D eigenvalue weighted by Gasteiger charge is 2.08. The molecule has 0 unspecified atom stereocenters. The van der Waals surface area contributed by atoms with Crippen LogP contribution in [0.5, 0.6) is 5.75 Å². The van der Waals surface area contributed by atoms with Gasteiger partial charge < -0.3 is 14.8 Å². The summed E-state index contributed by atoms with van der Waals surface area (Å²) in [5, 5.41) is 3.15. The van der Waals surface area contributed by atoms with Crippen LogP contribution in [0.2, 0.25) is 0 Å². The zero-order valence-corrected chi connectivity index (χ0v) is 11.9. The summed E-state index contributed by atoms with van der Waals surface area (Å²) < 4.78 is 10.2. The number of methoxy groups -OCH3 is 1. The monoisotopic (exact) mass is 265 g/mol. The lowest BCUT2D eigenvalue weighted by Gasteiger charge is -2.14. The molecule has 1 aromatic rings. The molecule has 1 rings (SSSR count). The fourth-order valence-electron chi connectivity index (χ4n) is 1.63. The Morgan fingerprint density at radius 3 is 2.58 bits per heavy atom. The Labute approximate surface area is 115 Å². The van der Waals surface area contributed by atoms with Crippen molar-refractivity contribution in [2.45, 2.75) is 32.7 Å². The topological polar surface area (TPSA) is 47.6 Å². The Kier molecular flexibility index (Phi) is 6.97. The number of nitrogens with one attached hydrogen (secondary N) is 1. The van der Waals surface area contributed by atoms with Gasteiger partial charge in [-0.3, -0.25) is 4.79 Å². The number of hydrogen-bond acceptors (Lipinski definition) is 4. The minimum Gasteiger partial charge on any atom is -0.497 e. The molecule has 0 aromatic heterocycles. The average Bonchev–Trinajstić information content (AvgIpc) is 2.45. The van der Waals surface area contributed by atoms with E-state index in [1.54, 1.807) is 7.11 Å². The Bertz CT molecular complexity index is 375. The van der Waals surface area contributed by atoms with Gasteiger partial charge in [0.2, 0.25) is 0 Å². The van der Waals surface area contributed by atoms with Gasteiger partial charge in [-0.25, -0.2) is 0 Å².